The van der Waals surface area contributed by atoms with E-state index in [2.05, 4.69) is 11.3 Å². The van der Waals surface area contributed by atoms with Gasteiger partial charge in [-0.2, -0.15) is 4.31 Å². The van der Waals surface area contributed by atoms with Gasteiger partial charge in [-0.1, -0.05) is 12.5 Å². The highest BCUT2D eigenvalue weighted by Gasteiger charge is 2.32. The molecule has 1 aliphatic heterocycles. The van der Waals surface area contributed by atoms with E-state index in [1.807, 2.05) is 0 Å². The van der Waals surface area contributed by atoms with Gasteiger partial charge in [0.2, 0.25) is 10.0 Å². The van der Waals surface area contributed by atoms with Crippen LogP contribution in [-0.2, 0) is 19.6 Å². The predicted octanol–water partition coefficient (Wildman–Crippen LogP) is 0.920. The van der Waals surface area contributed by atoms with E-state index in [9.17, 15) is 13.2 Å². The van der Waals surface area contributed by atoms with Crippen molar-refractivity contribution in [2.75, 3.05) is 19.4 Å². The number of hydrogen-bond acceptors (Lipinski definition) is 4. The first kappa shape index (κ1) is 14.2. The van der Waals surface area contributed by atoms with Crippen molar-refractivity contribution >= 4 is 16.0 Å². The number of carbonyl (C=O) groups is 1. The van der Waals surface area contributed by atoms with Crippen LogP contribution in [0.2, 0.25) is 0 Å². The summed E-state index contributed by atoms with van der Waals surface area (Å²) in [5.41, 5.74) is 0. The van der Waals surface area contributed by atoms with Crippen LogP contribution in [0, 0.1) is 0 Å². The summed E-state index contributed by atoms with van der Waals surface area (Å²) >= 11 is 0. The summed E-state index contributed by atoms with van der Waals surface area (Å²) in [6.07, 6.45) is 4.01. The molecule has 98 valence electrons. The zero-order chi connectivity index (χ0) is 12.9. The van der Waals surface area contributed by atoms with Gasteiger partial charge in [-0.25, -0.2) is 8.42 Å². The fourth-order valence-electron chi connectivity index (χ4n) is 2.06. The van der Waals surface area contributed by atoms with Gasteiger partial charge in [0.25, 0.3) is 0 Å². The lowest BCUT2D eigenvalue weighted by Crippen LogP contribution is -2.45. The zero-order valence-corrected chi connectivity index (χ0v) is 10.9. The zero-order valence-electron chi connectivity index (χ0n) is 10.1. The van der Waals surface area contributed by atoms with Crippen molar-refractivity contribution in [3.05, 3.63) is 12.7 Å². The van der Waals surface area contributed by atoms with Gasteiger partial charge in [0.05, 0.1) is 19.3 Å². The van der Waals surface area contributed by atoms with E-state index in [0.29, 0.717) is 13.0 Å². The number of hydrogen-bond donors (Lipinski definition) is 0. The second-order valence-corrected chi connectivity index (χ2v) is 6.07. The van der Waals surface area contributed by atoms with Gasteiger partial charge < -0.3 is 4.74 Å². The summed E-state index contributed by atoms with van der Waals surface area (Å²) in [5.74, 6) is -0.444. The van der Waals surface area contributed by atoms with Gasteiger partial charge in [0.1, 0.15) is 0 Å². The lowest BCUT2D eigenvalue weighted by atomic mass is 10.0. The molecule has 1 fully saturated rings. The molecule has 1 atom stereocenters. The van der Waals surface area contributed by atoms with Gasteiger partial charge in [0.15, 0.2) is 0 Å². The Hall–Kier alpha value is -0.880. The first-order chi connectivity index (χ1) is 8.01. The van der Waals surface area contributed by atoms with Crippen LogP contribution in [0.15, 0.2) is 12.7 Å². The van der Waals surface area contributed by atoms with Crippen molar-refractivity contribution in [2.24, 2.45) is 0 Å². The summed E-state index contributed by atoms with van der Waals surface area (Å²) in [6, 6.07) is -0.263. The first-order valence-corrected chi connectivity index (χ1v) is 7.29. The molecule has 1 unspecified atom stereocenters. The Morgan fingerprint density at radius 2 is 2.24 bits per heavy atom. The standard InChI is InChI=1S/C11H19NO4S/c1-3-8-17(14,15)12-7-5-4-6-10(12)9-11(13)16-2/h3,10H,1,4-9H2,2H3. The molecular weight excluding hydrogens is 242 g/mol. The van der Waals surface area contributed by atoms with Crippen LogP contribution in [0.4, 0.5) is 0 Å². The summed E-state index contributed by atoms with van der Waals surface area (Å²) in [7, 11) is -2.02. The molecule has 17 heavy (non-hydrogen) atoms. The highest BCUT2D eigenvalue weighted by Crippen LogP contribution is 2.23. The Morgan fingerprint density at radius 3 is 2.82 bits per heavy atom. The van der Waals surface area contributed by atoms with Crippen LogP contribution in [0.25, 0.3) is 0 Å². The Bertz CT molecular complexity index is 377. The maximum Gasteiger partial charge on any atom is 0.307 e. The van der Waals surface area contributed by atoms with Crippen LogP contribution < -0.4 is 0 Å². The second-order valence-electron chi connectivity index (χ2n) is 4.11. The van der Waals surface area contributed by atoms with E-state index < -0.39 is 10.0 Å². The number of rotatable bonds is 5. The van der Waals surface area contributed by atoms with Crippen molar-refractivity contribution in [3.63, 3.8) is 0 Å². The third-order valence-corrected chi connectivity index (χ3v) is 4.74. The molecule has 0 radical (unpaired) electrons. The Kier molecular flexibility index (Phi) is 5.14. The van der Waals surface area contributed by atoms with Crippen LogP contribution >= 0.6 is 0 Å². The van der Waals surface area contributed by atoms with E-state index in [0.717, 1.165) is 12.8 Å². The predicted molar refractivity (Wildman–Crippen MR) is 65.0 cm³/mol. The SMILES string of the molecule is C=CCS(=O)(=O)N1CCCCC1CC(=O)OC. The van der Waals surface area contributed by atoms with Crippen LogP contribution in [0.3, 0.4) is 0 Å². The third-order valence-electron chi connectivity index (χ3n) is 2.89. The van der Waals surface area contributed by atoms with Crippen LogP contribution in [0.5, 0.6) is 0 Å². The Labute approximate surface area is 102 Å². The highest BCUT2D eigenvalue weighted by molar-refractivity contribution is 7.89. The lowest BCUT2D eigenvalue weighted by Gasteiger charge is -2.33. The number of piperidine rings is 1. The summed E-state index contributed by atoms with van der Waals surface area (Å²) in [5, 5.41) is 0. The summed E-state index contributed by atoms with van der Waals surface area (Å²) in [4.78, 5) is 11.2. The van der Waals surface area contributed by atoms with Crippen molar-refractivity contribution < 1.29 is 17.9 Å². The largest absolute Gasteiger partial charge is 0.469 e. The molecule has 0 N–H and O–H groups in total. The quantitative estimate of drug-likeness (QED) is 0.545. The number of esters is 1. The van der Waals surface area contributed by atoms with Crippen molar-refractivity contribution in [1.82, 2.24) is 4.31 Å². The minimum Gasteiger partial charge on any atom is -0.469 e. The Morgan fingerprint density at radius 1 is 1.53 bits per heavy atom. The topological polar surface area (TPSA) is 63.7 Å². The average Bonchev–Trinajstić information content (AvgIpc) is 2.29. The summed E-state index contributed by atoms with van der Waals surface area (Å²) < 4.78 is 30.0. The molecule has 1 rings (SSSR count). The highest BCUT2D eigenvalue weighted by atomic mass is 32.2. The fraction of sp³-hybridized carbons (Fsp3) is 0.727. The van der Waals surface area contributed by atoms with Crippen LogP contribution in [-0.4, -0.2) is 44.1 Å². The van der Waals surface area contributed by atoms with Gasteiger partial charge in [-0.05, 0) is 12.8 Å². The molecule has 0 amide bonds. The van der Waals surface area contributed by atoms with Gasteiger partial charge in [-0.3, -0.25) is 4.79 Å². The van der Waals surface area contributed by atoms with Gasteiger partial charge in [-0.15, -0.1) is 6.58 Å². The molecule has 6 heteroatoms. The van der Waals surface area contributed by atoms with Crippen molar-refractivity contribution in [1.29, 1.82) is 0 Å². The summed E-state index contributed by atoms with van der Waals surface area (Å²) in [6.45, 7) is 3.93. The van der Waals surface area contributed by atoms with E-state index >= 15 is 0 Å². The molecule has 1 heterocycles. The molecule has 0 aromatic rings. The monoisotopic (exact) mass is 261 g/mol. The number of methoxy groups -OCH3 is 1. The van der Waals surface area contributed by atoms with Crippen LogP contribution in [0.1, 0.15) is 25.7 Å². The smallest absolute Gasteiger partial charge is 0.307 e. The van der Waals surface area contributed by atoms with E-state index in [1.165, 1.54) is 17.5 Å². The second kappa shape index (κ2) is 6.16. The lowest BCUT2D eigenvalue weighted by molar-refractivity contribution is -0.141. The maximum absolute atomic E-state index is 12.0. The molecule has 0 aliphatic carbocycles. The van der Waals surface area contributed by atoms with Crippen molar-refractivity contribution in [2.45, 2.75) is 31.7 Å². The van der Waals surface area contributed by atoms with Crippen molar-refractivity contribution in [3.8, 4) is 0 Å². The maximum atomic E-state index is 12.0. The number of carbonyl (C=O) groups excluding carboxylic acids is 1. The van der Waals surface area contributed by atoms with E-state index in [-0.39, 0.29) is 24.2 Å². The normalized spacial score (nSPS) is 22.1. The molecule has 5 nitrogen and oxygen atoms in total. The molecule has 1 aliphatic rings. The molecular formula is C11H19NO4S. The van der Waals surface area contributed by atoms with Gasteiger partial charge >= 0.3 is 5.97 Å². The molecule has 0 spiro atoms. The Balaban J connectivity index is 2.78. The number of sulfonamides is 1. The average molecular weight is 261 g/mol. The minimum absolute atomic E-state index is 0.0787. The third kappa shape index (κ3) is 3.81. The van der Waals surface area contributed by atoms with E-state index in [1.54, 1.807) is 0 Å². The molecule has 0 bridgehead atoms. The molecule has 0 aromatic heterocycles. The number of ether oxygens (including phenoxy) is 1. The molecule has 0 aromatic carbocycles. The fourth-order valence-corrected chi connectivity index (χ4v) is 3.60. The van der Waals surface area contributed by atoms with E-state index in [4.69, 9.17) is 0 Å². The first-order valence-electron chi connectivity index (χ1n) is 5.68. The number of nitrogens with zero attached hydrogens (tertiary/aromatic N) is 1. The molecule has 1 saturated heterocycles. The van der Waals surface area contributed by atoms with Gasteiger partial charge in [0, 0.05) is 12.6 Å². The molecule has 0 saturated carbocycles. The minimum atomic E-state index is -3.33.